The van der Waals surface area contributed by atoms with Crippen LogP contribution in [0.15, 0.2) is 24.3 Å². The average Bonchev–Trinajstić information content (AvgIpc) is 2.70. The fraction of sp³-hybridized carbons (Fsp3) is 0.579. The van der Waals surface area contributed by atoms with E-state index in [4.69, 9.17) is 0 Å². The van der Waals surface area contributed by atoms with Crippen molar-refractivity contribution in [3.8, 4) is 0 Å². The van der Waals surface area contributed by atoms with Gasteiger partial charge < -0.3 is 20.4 Å². The van der Waals surface area contributed by atoms with E-state index in [-0.39, 0.29) is 23.2 Å². The molecule has 0 saturated carbocycles. The van der Waals surface area contributed by atoms with Crippen LogP contribution in [0.5, 0.6) is 0 Å². The first-order valence-corrected chi connectivity index (χ1v) is 9.25. The van der Waals surface area contributed by atoms with E-state index in [0.29, 0.717) is 18.8 Å². The van der Waals surface area contributed by atoms with Gasteiger partial charge in [-0.25, -0.2) is 4.39 Å². The lowest BCUT2D eigenvalue weighted by Crippen LogP contribution is -3.18. The van der Waals surface area contributed by atoms with Crippen LogP contribution in [0.4, 0.5) is 10.1 Å². The van der Waals surface area contributed by atoms with Crippen LogP contribution in [0.25, 0.3) is 0 Å². The second-order valence-electron chi connectivity index (χ2n) is 8.06. The van der Waals surface area contributed by atoms with Gasteiger partial charge in [-0.3, -0.25) is 9.59 Å². The number of amides is 2. The molecule has 0 bridgehead atoms. The monoisotopic (exact) mass is 366 g/mol. The van der Waals surface area contributed by atoms with E-state index in [0.717, 1.165) is 32.6 Å². The zero-order chi connectivity index (χ0) is 19.2. The van der Waals surface area contributed by atoms with Gasteiger partial charge in [0.2, 0.25) is 0 Å². The first-order valence-electron chi connectivity index (χ1n) is 9.25. The second-order valence-corrected chi connectivity index (χ2v) is 8.06. The standard InChI is InChI=1S/C19H29FN4O2/c1-19(2,3)22-18(26)14-24-9-5-8-23(10-11-24)13-17(25)21-16-7-4-6-15(20)12-16/h4,6-7,12H,5,8-11,13-14H2,1-3H3,(H,21,25)(H,22,26)/p+2. The molecule has 1 aromatic rings. The molecule has 1 aliphatic rings. The minimum Gasteiger partial charge on any atom is -0.347 e. The number of hydrogen-bond acceptors (Lipinski definition) is 2. The van der Waals surface area contributed by atoms with Crippen molar-refractivity contribution in [3.63, 3.8) is 0 Å². The topological polar surface area (TPSA) is 67.1 Å². The van der Waals surface area contributed by atoms with Gasteiger partial charge in [0.1, 0.15) is 18.9 Å². The molecule has 1 saturated heterocycles. The zero-order valence-corrected chi connectivity index (χ0v) is 16.0. The Kier molecular flexibility index (Phi) is 7.11. The Labute approximate surface area is 154 Å². The molecular formula is C19H31FN4O2+2. The largest absolute Gasteiger partial charge is 0.347 e. The molecule has 0 aliphatic carbocycles. The summed E-state index contributed by atoms with van der Waals surface area (Å²) < 4.78 is 13.2. The Morgan fingerprint density at radius 2 is 1.65 bits per heavy atom. The smallest absolute Gasteiger partial charge is 0.279 e. The zero-order valence-electron chi connectivity index (χ0n) is 16.0. The normalized spacial score (nSPS) is 20.9. The van der Waals surface area contributed by atoms with E-state index in [1.54, 1.807) is 12.1 Å². The summed E-state index contributed by atoms with van der Waals surface area (Å²) in [6, 6.07) is 5.92. The van der Waals surface area contributed by atoms with Gasteiger partial charge in [0.25, 0.3) is 11.8 Å². The number of benzene rings is 1. The summed E-state index contributed by atoms with van der Waals surface area (Å²) in [6.07, 6.45) is 0.973. The molecule has 26 heavy (non-hydrogen) atoms. The third-order valence-corrected chi connectivity index (χ3v) is 4.34. The number of carbonyl (C=O) groups excluding carboxylic acids is 2. The molecule has 2 rings (SSSR count). The number of anilines is 1. The molecule has 0 radical (unpaired) electrons. The number of halogens is 1. The summed E-state index contributed by atoms with van der Waals surface area (Å²) >= 11 is 0. The highest BCUT2D eigenvalue weighted by Crippen LogP contribution is 2.08. The van der Waals surface area contributed by atoms with E-state index in [2.05, 4.69) is 10.6 Å². The van der Waals surface area contributed by atoms with Crippen molar-refractivity contribution in [1.82, 2.24) is 5.32 Å². The van der Waals surface area contributed by atoms with E-state index in [1.165, 1.54) is 21.9 Å². The highest BCUT2D eigenvalue weighted by atomic mass is 19.1. The molecule has 2 amide bonds. The minimum absolute atomic E-state index is 0.0693. The van der Waals surface area contributed by atoms with Crippen molar-refractivity contribution >= 4 is 17.5 Å². The first-order chi connectivity index (χ1) is 12.2. The average molecular weight is 366 g/mol. The van der Waals surface area contributed by atoms with Gasteiger partial charge >= 0.3 is 0 Å². The minimum atomic E-state index is -0.363. The van der Waals surface area contributed by atoms with Crippen LogP contribution < -0.4 is 20.4 Å². The van der Waals surface area contributed by atoms with Crippen LogP contribution in [-0.2, 0) is 9.59 Å². The van der Waals surface area contributed by atoms with E-state index in [9.17, 15) is 14.0 Å². The molecule has 0 aromatic heterocycles. The second kappa shape index (κ2) is 9.09. The quantitative estimate of drug-likeness (QED) is 0.532. The van der Waals surface area contributed by atoms with Crippen LogP contribution in [0.1, 0.15) is 27.2 Å². The Hall–Kier alpha value is -1.99. The lowest BCUT2D eigenvalue weighted by molar-refractivity contribution is -0.930. The summed E-state index contributed by atoms with van der Waals surface area (Å²) in [6.45, 7) is 10.3. The van der Waals surface area contributed by atoms with Gasteiger partial charge in [0.05, 0.1) is 13.1 Å². The maximum atomic E-state index is 13.2. The molecule has 6 nitrogen and oxygen atoms in total. The maximum absolute atomic E-state index is 13.2. The van der Waals surface area contributed by atoms with Crippen molar-refractivity contribution < 1.29 is 23.8 Å². The third-order valence-electron chi connectivity index (χ3n) is 4.34. The van der Waals surface area contributed by atoms with Crippen LogP contribution in [0, 0.1) is 5.82 Å². The third kappa shape index (κ3) is 7.49. The maximum Gasteiger partial charge on any atom is 0.279 e. The summed E-state index contributed by atoms with van der Waals surface area (Å²) in [4.78, 5) is 26.7. The number of quaternary nitrogens is 2. The lowest BCUT2D eigenvalue weighted by atomic mass is 10.1. The molecule has 2 atom stereocenters. The van der Waals surface area contributed by atoms with Crippen molar-refractivity contribution in [2.75, 3.05) is 44.6 Å². The van der Waals surface area contributed by atoms with E-state index in [1.807, 2.05) is 20.8 Å². The number of hydrogen-bond donors (Lipinski definition) is 4. The summed E-state index contributed by atoms with van der Waals surface area (Å²) in [5, 5.41) is 5.75. The van der Waals surface area contributed by atoms with Crippen molar-refractivity contribution in [2.24, 2.45) is 0 Å². The van der Waals surface area contributed by atoms with E-state index >= 15 is 0 Å². The molecule has 1 aromatic carbocycles. The first kappa shape index (κ1) is 20.3. The molecule has 1 heterocycles. The number of carbonyl (C=O) groups is 2. The molecular weight excluding hydrogens is 335 g/mol. The molecule has 7 heteroatoms. The number of rotatable bonds is 5. The molecule has 4 N–H and O–H groups in total. The Bertz CT molecular complexity index is 630. The van der Waals surface area contributed by atoms with Crippen molar-refractivity contribution in [1.29, 1.82) is 0 Å². The van der Waals surface area contributed by atoms with Crippen LogP contribution in [0.3, 0.4) is 0 Å². The number of nitrogens with one attached hydrogen (secondary N) is 4. The summed E-state index contributed by atoms with van der Waals surface area (Å²) in [7, 11) is 0. The SMILES string of the molecule is CC(C)(C)NC(=O)C[NH+]1CCC[NH+](CC(=O)Nc2cccc(F)c2)CC1. The molecule has 1 aliphatic heterocycles. The Balaban J connectivity index is 1.77. The van der Waals surface area contributed by atoms with Crippen LogP contribution >= 0.6 is 0 Å². The molecule has 0 spiro atoms. The fourth-order valence-corrected chi connectivity index (χ4v) is 3.23. The molecule has 2 unspecified atom stereocenters. The highest BCUT2D eigenvalue weighted by Gasteiger charge is 2.25. The van der Waals surface area contributed by atoms with Gasteiger partial charge in [0.15, 0.2) is 13.1 Å². The molecule has 144 valence electrons. The fourth-order valence-electron chi connectivity index (χ4n) is 3.23. The Morgan fingerprint density at radius 1 is 1.04 bits per heavy atom. The van der Waals surface area contributed by atoms with Gasteiger partial charge in [-0.1, -0.05) is 6.07 Å². The molecule has 1 fully saturated rings. The lowest BCUT2D eigenvalue weighted by Gasteiger charge is -2.22. The van der Waals surface area contributed by atoms with Gasteiger partial charge in [-0.15, -0.1) is 0 Å². The van der Waals surface area contributed by atoms with Crippen LogP contribution in [0.2, 0.25) is 0 Å². The van der Waals surface area contributed by atoms with E-state index < -0.39 is 0 Å². The van der Waals surface area contributed by atoms with Gasteiger partial charge in [0, 0.05) is 17.6 Å². The van der Waals surface area contributed by atoms with Gasteiger partial charge in [-0.2, -0.15) is 0 Å². The Morgan fingerprint density at radius 3 is 2.23 bits per heavy atom. The van der Waals surface area contributed by atoms with Crippen LogP contribution in [-0.4, -0.2) is 56.6 Å². The summed E-state index contributed by atoms with van der Waals surface area (Å²) in [5.74, 6) is -0.406. The van der Waals surface area contributed by atoms with Crippen molar-refractivity contribution in [2.45, 2.75) is 32.7 Å². The summed E-state index contributed by atoms with van der Waals surface area (Å²) in [5.41, 5.74) is 0.268. The van der Waals surface area contributed by atoms with Gasteiger partial charge in [-0.05, 0) is 39.0 Å². The van der Waals surface area contributed by atoms with Crippen molar-refractivity contribution in [3.05, 3.63) is 30.1 Å². The predicted octanol–water partition coefficient (Wildman–Crippen LogP) is -1.15. The highest BCUT2D eigenvalue weighted by molar-refractivity contribution is 5.91. The predicted molar refractivity (Wildman–Crippen MR) is 98.7 cm³/mol.